The van der Waals surface area contributed by atoms with Crippen LogP contribution in [-0.4, -0.2) is 0 Å². The number of allylic oxidation sites excluding steroid dienone is 2. The summed E-state index contributed by atoms with van der Waals surface area (Å²) in [5.74, 6) is 7.35. The predicted molar refractivity (Wildman–Crippen MR) is 91.2 cm³/mol. The predicted octanol–water partition coefficient (Wildman–Crippen LogP) is 5.72. The summed E-state index contributed by atoms with van der Waals surface area (Å²) < 4.78 is 0. The van der Waals surface area contributed by atoms with Crippen LogP contribution in [-0.2, 0) is 0 Å². The summed E-state index contributed by atoms with van der Waals surface area (Å²) in [5.41, 5.74) is 1.11. The quantitative estimate of drug-likeness (QED) is 0.485. The van der Waals surface area contributed by atoms with Crippen LogP contribution in [0.3, 0.4) is 0 Å². The Labute approximate surface area is 127 Å². The highest BCUT2D eigenvalue weighted by atomic mass is 14.1. The SMILES string of the molecule is C(#Cc1ccc2ccccc2c1)C/C=C/C1CCCCC1. The van der Waals surface area contributed by atoms with Gasteiger partial charge in [-0.3, -0.25) is 0 Å². The second-order valence-electron chi connectivity index (χ2n) is 5.89. The van der Waals surface area contributed by atoms with Gasteiger partial charge in [-0.15, -0.1) is 0 Å². The number of fused-ring (bicyclic) bond motifs is 1. The van der Waals surface area contributed by atoms with Gasteiger partial charge in [0, 0.05) is 12.0 Å². The Morgan fingerprint density at radius 2 is 1.76 bits per heavy atom. The van der Waals surface area contributed by atoms with Gasteiger partial charge in [-0.25, -0.2) is 0 Å². The minimum atomic E-state index is 0.807. The lowest BCUT2D eigenvalue weighted by Crippen LogP contribution is -2.02. The molecule has 0 radical (unpaired) electrons. The smallest absolute Gasteiger partial charge is 0.0273 e. The maximum absolute atomic E-state index is 3.27. The number of rotatable bonds is 2. The lowest BCUT2D eigenvalue weighted by molar-refractivity contribution is 0.419. The lowest BCUT2D eigenvalue weighted by atomic mass is 9.89. The standard InChI is InChI=1S/C21H22/c1-3-9-18(10-4-1)11-5-2-6-12-19-15-16-20-13-7-8-14-21(20)17-19/h5,7-8,11,13-18H,1-4,9-10H2/b11-5+. The Morgan fingerprint density at radius 3 is 2.62 bits per heavy atom. The van der Waals surface area contributed by atoms with E-state index in [2.05, 4.69) is 66.5 Å². The van der Waals surface area contributed by atoms with Crippen molar-refractivity contribution in [1.82, 2.24) is 0 Å². The molecule has 0 aliphatic heterocycles. The monoisotopic (exact) mass is 274 g/mol. The zero-order valence-corrected chi connectivity index (χ0v) is 12.5. The third-order valence-corrected chi connectivity index (χ3v) is 4.26. The first-order chi connectivity index (χ1) is 10.4. The zero-order valence-electron chi connectivity index (χ0n) is 12.5. The molecule has 2 aromatic carbocycles. The van der Waals surface area contributed by atoms with Crippen LogP contribution >= 0.6 is 0 Å². The van der Waals surface area contributed by atoms with E-state index in [1.54, 1.807) is 0 Å². The van der Waals surface area contributed by atoms with Crippen molar-refractivity contribution in [3.8, 4) is 11.8 Å². The van der Waals surface area contributed by atoms with Crippen molar-refractivity contribution < 1.29 is 0 Å². The molecule has 1 aliphatic carbocycles. The largest absolute Gasteiger partial charge is 0.0937 e. The summed E-state index contributed by atoms with van der Waals surface area (Å²) in [4.78, 5) is 0. The second-order valence-corrected chi connectivity index (χ2v) is 5.89. The second kappa shape index (κ2) is 7.14. The van der Waals surface area contributed by atoms with Crippen molar-refractivity contribution in [2.24, 2.45) is 5.92 Å². The van der Waals surface area contributed by atoms with Crippen LogP contribution in [0.25, 0.3) is 10.8 Å². The summed E-state index contributed by atoms with van der Waals surface area (Å²) >= 11 is 0. The van der Waals surface area contributed by atoms with Crippen LogP contribution in [0.1, 0.15) is 44.1 Å². The topological polar surface area (TPSA) is 0 Å². The van der Waals surface area contributed by atoms with Crippen molar-refractivity contribution in [1.29, 1.82) is 0 Å². The van der Waals surface area contributed by atoms with E-state index in [-0.39, 0.29) is 0 Å². The third kappa shape index (κ3) is 3.99. The molecule has 0 bridgehead atoms. The Morgan fingerprint density at radius 1 is 0.952 bits per heavy atom. The Bertz CT molecular complexity index is 676. The molecule has 0 spiro atoms. The molecule has 0 atom stereocenters. The van der Waals surface area contributed by atoms with Gasteiger partial charge in [0.15, 0.2) is 0 Å². The zero-order chi connectivity index (χ0) is 14.3. The van der Waals surface area contributed by atoms with Crippen molar-refractivity contribution in [2.75, 3.05) is 0 Å². The fourth-order valence-corrected chi connectivity index (χ4v) is 3.07. The molecule has 1 saturated carbocycles. The molecule has 3 rings (SSSR count). The van der Waals surface area contributed by atoms with Gasteiger partial charge in [0.2, 0.25) is 0 Å². The molecule has 0 unspecified atom stereocenters. The summed E-state index contributed by atoms with van der Waals surface area (Å²) in [6, 6.07) is 14.9. The van der Waals surface area contributed by atoms with E-state index in [9.17, 15) is 0 Å². The molecule has 0 amide bonds. The lowest BCUT2D eigenvalue weighted by Gasteiger charge is -2.17. The van der Waals surface area contributed by atoms with Crippen LogP contribution in [0.4, 0.5) is 0 Å². The fraction of sp³-hybridized carbons (Fsp3) is 0.333. The molecule has 0 saturated heterocycles. The molecule has 21 heavy (non-hydrogen) atoms. The highest BCUT2D eigenvalue weighted by molar-refractivity contribution is 5.83. The Kier molecular flexibility index (Phi) is 4.74. The number of hydrogen-bond acceptors (Lipinski definition) is 0. The van der Waals surface area contributed by atoms with Gasteiger partial charge in [0.25, 0.3) is 0 Å². The first kappa shape index (κ1) is 14.0. The molecule has 2 aromatic rings. The minimum absolute atomic E-state index is 0.807. The van der Waals surface area contributed by atoms with Gasteiger partial charge < -0.3 is 0 Å². The van der Waals surface area contributed by atoms with Crippen LogP contribution in [0.2, 0.25) is 0 Å². The molecular formula is C21H22. The molecule has 0 nitrogen and oxygen atoms in total. The number of benzene rings is 2. The summed E-state index contributed by atoms with van der Waals surface area (Å²) in [6.07, 6.45) is 12.5. The minimum Gasteiger partial charge on any atom is -0.0937 e. The van der Waals surface area contributed by atoms with Gasteiger partial charge in [-0.2, -0.15) is 0 Å². The average Bonchev–Trinajstić information content (AvgIpc) is 2.55. The molecule has 106 valence electrons. The Balaban J connectivity index is 1.59. The Hall–Kier alpha value is -2.00. The summed E-state index contributed by atoms with van der Waals surface area (Å²) in [5, 5.41) is 2.54. The first-order valence-corrected chi connectivity index (χ1v) is 8.06. The highest BCUT2D eigenvalue weighted by Crippen LogP contribution is 2.24. The highest BCUT2D eigenvalue weighted by Gasteiger charge is 2.08. The average molecular weight is 274 g/mol. The van der Waals surface area contributed by atoms with Crippen LogP contribution in [0.15, 0.2) is 54.6 Å². The van der Waals surface area contributed by atoms with Crippen LogP contribution in [0, 0.1) is 17.8 Å². The fourth-order valence-electron chi connectivity index (χ4n) is 3.07. The molecule has 1 aliphatic rings. The normalized spacial score (nSPS) is 16.0. The van der Waals surface area contributed by atoms with E-state index < -0.39 is 0 Å². The molecule has 0 heterocycles. The maximum atomic E-state index is 3.27. The van der Waals surface area contributed by atoms with Gasteiger partial charge in [0.1, 0.15) is 0 Å². The maximum Gasteiger partial charge on any atom is 0.0273 e. The van der Waals surface area contributed by atoms with Crippen molar-refractivity contribution in [2.45, 2.75) is 38.5 Å². The molecule has 0 aromatic heterocycles. The molecule has 0 heteroatoms. The van der Waals surface area contributed by atoms with Crippen LogP contribution in [0.5, 0.6) is 0 Å². The van der Waals surface area contributed by atoms with E-state index in [4.69, 9.17) is 0 Å². The van der Waals surface area contributed by atoms with E-state index in [0.717, 1.165) is 17.9 Å². The van der Waals surface area contributed by atoms with Crippen molar-refractivity contribution >= 4 is 10.8 Å². The summed E-state index contributed by atoms with van der Waals surface area (Å²) in [7, 11) is 0. The molecule has 0 N–H and O–H groups in total. The van der Waals surface area contributed by atoms with Gasteiger partial charge >= 0.3 is 0 Å². The summed E-state index contributed by atoms with van der Waals surface area (Å²) in [6.45, 7) is 0. The molecule has 1 fully saturated rings. The van der Waals surface area contributed by atoms with Gasteiger partial charge in [-0.05, 0) is 41.7 Å². The van der Waals surface area contributed by atoms with Crippen LogP contribution < -0.4 is 0 Å². The molecular weight excluding hydrogens is 252 g/mol. The van der Waals surface area contributed by atoms with E-state index in [1.165, 1.54) is 42.9 Å². The third-order valence-electron chi connectivity index (χ3n) is 4.26. The van der Waals surface area contributed by atoms with E-state index in [0.29, 0.717) is 0 Å². The van der Waals surface area contributed by atoms with Gasteiger partial charge in [-0.1, -0.05) is 73.6 Å². The van der Waals surface area contributed by atoms with E-state index >= 15 is 0 Å². The van der Waals surface area contributed by atoms with Crippen molar-refractivity contribution in [3.05, 3.63) is 60.2 Å². The van der Waals surface area contributed by atoms with Crippen molar-refractivity contribution in [3.63, 3.8) is 0 Å². The number of hydrogen-bond donors (Lipinski definition) is 0. The first-order valence-electron chi connectivity index (χ1n) is 8.06. The van der Waals surface area contributed by atoms with Gasteiger partial charge in [0.05, 0.1) is 0 Å². The van der Waals surface area contributed by atoms with E-state index in [1.807, 2.05) is 0 Å².